The second-order valence-electron chi connectivity index (χ2n) is 8.20. The minimum absolute atomic E-state index is 0.180. The van der Waals surface area contributed by atoms with E-state index in [1.165, 1.54) is 11.3 Å². The van der Waals surface area contributed by atoms with Gasteiger partial charge in [0.15, 0.2) is 5.82 Å². The van der Waals surface area contributed by atoms with Gasteiger partial charge in [-0.15, -0.1) is 11.3 Å². The summed E-state index contributed by atoms with van der Waals surface area (Å²) in [4.78, 5) is 30.0. The van der Waals surface area contributed by atoms with Crippen molar-refractivity contribution in [2.75, 3.05) is 5.32 Å². The van der Waals surface area contributed by atoms with Crippen molar-refractivity contribution in [1.82, 2.24) is 10.1 Å². The number of rotatable bonds is 5. The van der Waals surface area contributed by atoms with E-state index in [1.54, 1.807) is 0 Å². The number of fused-ring (bicyclic) bond motifs is 1. The molecule has 5 rings (SSSR count). The summed E-state index contributed by atoms with van der Waals surface area (Å²) in [6.07, 6.45) is 4.82. The number of amides is 1. The molecule has 0 radical (unpaired) electrons. The molecule has 3 aliphatic rings. The summed E-state index contributed by atoms with van der Waals surface area (Å²) in [5, 5.41) is 17.0. The third kappa shape index (κ3) is 3.55. The number of anilines is 1. The fraction of sp³-hybridized carbons (Fsp3) is 0.524. The van der Waals surface area contributed by atoms with Crippen LogP contribution in [0.25, 0.3) is 11.5 Å². The first-order valence-corrected chi connectivity index (χ1v) is 11.2. The number of thiophene rings is 1. The van der Waals surface area contributed by atoms with E-state index in [2.05, 4.69) is 15.5 Å². The van der Waals surface area contributed by atoms with Crippen molar-refractivity contribution in [1.29, 1.82) is 0 Å². The molecule has 7 nitrogen and oxygen atoms in total. The van der Waals surface area contributed by atoms with Gasteiger partial charge in [-0.05, 0) is 56.9 Å². The van der Waals surface area contributed by atoms with E-state index < -0.39 is 18.0 Å². The summed E-state index contributed by atoms with van der Waals surface area (Å²) in [5.41, 5.74) is 2.12. The van der Waals surface area contributed by atoms with E-state index in [1.807, 2.05) is 0 Å². The van der Waals surface area contributed by atoms with E-state index in [-0.39, 0.29) is 5.57 Å². The highest BCUT2D eigenvalue weighted by molar-refractivity contribution is 7.17. The Balaban J connectivity index is 1.52. The maximum Gasteiger partial charge on any atom is 0.332 e. The summed E-state index contributed by atoms with van der Waals surface area (Å²) in [6, 6.07) is 0. The summed E-state index contributed by atoms with van der Waals surface area (Å²) in [6.45, 7) is 0. The van der Waals surface area contributed by atoms with Crippen LogP contribution < -0.4 is 5.32 Å². The van der Waals surface area contributed by atoms with Crippen LogP contribution >= 0.6 is 11.3 Å². The van der Waals surface area contributed by atoms with Gasteiger partial charge >= 0.3 is 5.97 Å². The summed E-state index contributed by atoms with van der Waals surface area (Å²) < 4.78 is 19.5. The van der Waals surface area contributed by atoms with Gasteiger partial charge in [-0.3, -0.25) is 4.79 Å². The third-order valence-electron chi connectivity index (χ3n) is 6.03. The number of nitrogens with zero attached hydrogens (tertiary/aromatic N) is 2. The van der Waals surface area contributed by atoms with Crippen molar-refractivity contribution in [3.05, 3.63) is 27.4 Å². The highest BCUT2D eigenvalue weighted by Gasteiger charge is 2.33. The second-order valence-corrected chi connectivity index (χ2v) is 9.31. The summed E-state index contributed by atoms with van der Waals surface area (Å²) in [5.74, 6) is -0.110. The molecule has 3 aliphatic carbocycles. The molecule has 9 heteroatoms. The fourth-order valence-corrected chi connectivity index (χ4v) is 5.57. The van der Waals surface area contributed by atoms with Gasteiger partial charge in [-0.1, -0.05) is 5.16 Å². The van der Waals surface area contributed by atoms with E-state index >= 15 is 0 Å². The molecule has 1 atom stereocenters. The van der Waals surface area contributed by atoms with Crippen LogP contribution in [-0.2, 0) is 22.4 Å². The fourth-order valence-electron chi connectivity index (χ4n) is 4.27. The van der Waals surface area contributed by atoms with Crippen molar-refractivity contribution < 1.29 is 23.6 Å². The molecule has 1 amide bonds. The highest BCUT2D eigenvalue weighted by atomic mass is 32.1. The Morgan fingerprint density at radius 3 is 2.63 bits per heavy atom. The molecule has 0 saturated heterocycles. The molecule has 1 fully saturated rings. The molecule has 2 aromatic heterocycles. The molecule has 1 saturated carbocycles. The molecular weight excluding hydrogens is 409 g/mol. The van der Waals surface area contributed by atoms with Gasteiger partial charge in [-0.2, -0.15) is 4.98 Å². The summed E-state index contributed by atoms with van der Waals surface area (Å²) in [7, 11) is 0. The van der Waals surface area contributed by atoms with Crippen molar-refractivity contribution in [2.24, 2.45) is 0 Å². The lowest BCUT2D eigenvalue weighted by molar-refractivity contribution is -0.133. The Hall–Kier alpha value is -2.55. The van der Waals surface area contributed by atoms with Crippen LogP contribution in [0.4, 0.5) is 9.39 Å². The Morgan fingerprint density at radius 2 is 1.90 bits per heavy atom. The van der Waals surface area contributed by atoms with E-state index in [0.29, 0.717) is 65.9 Å². The number of aliphatic carboxylic acids is 1. The van der Waals surface area contributed by atoms with Crippen LogP contribution in [-0.4, -0.2) is 33.3 Å². The Kier molecular flexibility index (Phi) is 4.92. The Labute approximate surface area is 176 Å². The largest absolute Gasteiger partial charge is 0.478 e. The zero-order valence-electron chi connectivity index (χ0n) is 16.4. The predicted octanol–water partition coefficient (Wildman–Crippen LogP) is 4.40. The molecule has 2 aromatic rings. The standard InChI is InChI=1S/C21H22FN3O4S/c22-11-7-8-14-15(9-11)30-20(16(14)19-23-17(25-29-19)10-5-6-10)24-18(26)12-3-1-2-4-13(12)21(27)28/h10-11H,1-9H2,(H,24,26)(H,27,28)/t11-/m0/s1. The van der Waals surface area contributed by atoms with Crippen LogP contribution in [0.1, 0.15) is 67.1 Å². The van der Waals surface area contributed by atoms with E-state index in [4.69, 9.17) is 4.52 Å². The molecule has 0 unspecified atom stereocenters. The van der Waals surface area contributed by atoms with Gasteiger partial charge in [-0.25, -0.2) is 9.18 Å². The van der Waals surface area contributed by atoms with Crippen molar-refractivity contribution in [2.45, 2.75) is 69.9 Å². The lowest BCUT2D eigenvalue weighted by Crippen LogP contribution is -2.21. The highest BCUT2D eigenvalue weighted by Crippen LogP contribution is 2.46. The lowest BCUT2D eigenvalue weighted by atomic mass is 9.91. The monoisotopic (exact) mass is 431 g/mol. The second kappa shape index (κ2) is 7.61. The SMILES string of the molecule is O=C(O)C1=C(C(=O)Nc2sc3c(c2-c2nc(C4CC4)no2)CC[C@H](F)C3)CCCC1. The topological polar surface area (TPSA) is 105 Å². The molecule has 2 heterocycles. The van der Waals surface area contributed by atoms with Crippen molar-refractivity contribution in [3.63, 3.8) is 0 Å². The first-order chi connectivity index (χ1) is 14.5. The third-order valence-corrected chi connectivity index (χ3v) is 7.20. The average Bonchev–Trinajstić information content (AvgIpc) is 3.36. The summed E-state index contributed by atoms with van der Waals surface area (Å²) >= 11 is 1.33. The molecule has 0 bridgehead atoms. The van der Waals surface area contributed by atoms with Crippen LogP contribution in [0.15, 0.2) is 15.7 Å². The Morgan fingerprint density at radius 1 is 1.13 bits per heavy atom. The predicted molar refractivity (Wildman–Crippen MR) is 108 cm³/mol. The van der Waals surface area contributed by atoms with E-state index in [9.17, 15) is 19.1 Å². The maximum atomic E-state index is 14.0. The van der Waals surface area contributed by atoms with E-state index in [0.717, 1.165) is 36.1 Å². The molecule has 158 valence electrons. The lowest BCUT2D eigenvalue weighted by Gasteiger charge is -2.17. The molecule has 0 aromatic carbocycles. The molecule has 30 heavy (non-hydrogen) atoms. The van der Waals surface area contributed by atoms with Crippen LogP contribution in [0.2, 0.25) is 0 Å². The van der Waals surface area contributed by atoms with Gasteiger partial charge in [0, 0.05) is 28.4 Å². The Bertz CT molecular complexity index is 1050. The van der Waals surface area contributed by atoms with Crippen LogP contribution in [0, 0.1) is 0 Å². The molecule has 2 N–H and O–H groups in total. The smallest absolute Gasteiger partial charge is 0.332 e. The number of hydrogen-bond acceptors (Lipinski definition) is 6. The van der Waals surface area contributed by atoms with Crippen LogP contribution in [0.3, 0.4) is 0 Å². The maximum absolute atomic E-state index is 14.0. The van der Waals surface area contributed by atoms with Gasteiger partial charge in [0.2, 0.25) is 0 Å². The minimum Gasteiger partial charge on any atom is -0.478 e. The molecular formula is C21H22FN3O4S. The number of nitrogens with one attached hydrogen (secondary N) is 1. The number of carbonyl (C=O) groups excluding carboxylic acids is 1. The number of carboxylic acid groups (broad SMARTS) is 1. The number of carboxylic acids is 1. The number of alkyl halides is 1. The molecule has 0 aliphatic heterocycles. The number of hydrogen-bond donors (Lipinski definition) is 2. The van der Waals surface area contributed by atoms with Gasteiger partial charge in [0.05, 0.1) is 5.56 Å². The van der Waals surface area contributed by atoms with Crippen molar-refractivity contribution >= 4 is 28.2 Å². The number of carbonyl (C=O) groups is 2. The number of halogens is 1. The first kappa shape index (κ1) is 19.4. The zero-order chi connectivity index (χ0) is 20.8. The minimum atomic E-state index is -1.04. The average molecular weight is 431 g/mol. The van der Waals surface area contributed by atoms with Crippen molar-refractivity contribution in [3.8, 4) is 11.5 Å². The normalized spacial score (nSPS) is 21.4. The first-order valence-electron chi connectivity index (χ1n) is 10.4. The quantitative estimate of drug-likeness (QED) is 0.727. The van der Waals surface area contributed by atoms with Gasteiger partial charge < -0.3 is 14.9 Å². The zero-order valence-corrected chi connectivity index (χ0v) is 17.2. The van der Waals surface area contributed by atoms with Gasteiger partial charge in [0.1, 0.15) is 11.2 Å². The number of aromatic nitrogens is 2. The van der Waals surface area contributed by atoms with Crippen LogP contribution in [0.5, 0.6) is 0 Å². The molecule has 0 spiro atoms. The van der Waals surface area contributed by atoms with Gasteiger partial charge in [0.25, 0.3) is 11.8 Å².